The Morgan fingerprint density at radius 2 is 2.15 bits per heavy atom. The van der Waals surface area contributed by atoms with Gasteiger partial charge in [-0.15, -0.1) is 10.2 Å². The number of carbonyl (C=O) groups excluding carboxylic acids is 1. The van der Waals surface area contributed by atoms with Gasteiger partial charge in [0.05, 0.1) is 11.3 Å². The highest BCUT2D eigenvalue weighted by Gasteiger charge is 2.14. The number of amides is 1. The van der Waals surface area contributed by atoms with Crippen molar-refractivity contribution in [2.75, 3.05) is 25.5 Å². The molecule has 0 bridgehead atoms. The largest absolute Gasteiger partial charge is 0.382 e. The molecule has 3 aromatic rings. The van der Waals surface area contributed by atoms with Crippen molar-refractivity contribution in [3.8, 4) is 0 Å². The molecule has 1 N–H and O–H groups in total. The molecule has 0 saturated heterocycles. The fourth-order valence-corrected chi connectivity index (χ4v) is 3.51. The maximum absolute atomic E-state index is 11.9. The summed E-state index contributed by atoms with van der Waals surface area (Å²) in [6, 6.07) is 6.37. The highest BCUT2D eigenvalue weighted by molar-refractivity contribution is 7.99. The second-order valence-corrected chi connectivity index (χ2v) is 7.16. The van der Waals surface area contributed by atoms with Crippen LogP contribution in [0, 0.1) is 0 Å². The van der Waals surface area contributed by atoms with Gasteiger partial charge in [-0.1, -0.05) is 24.8 Å². The van der Waals surface area contributed by atoms with E-state index >= 15 is 0 Å². The summed E-state index contributed by atoms with van der Waals surface area (Å²) in [4.78, 5) is 16.5. The number of carbonyl (C=O) groups is 1. The summed E-state index contributed by atoms with van der Waals surface area (Å²) in [7, 11) is 1.98. The van der Waals surface area contributed by atoms with Crippen LogP contribution < -0.4 is 5.32 Å². The Labute approximate surface area is 162 Å². The molecule has 1 amide bonds. The second-order valence-electron chi connectivity index (χ2n) is 6.22. The predicted octanol–water partition coefficient (Wildman–Crippen LogP) is 2.71. The summed E-state index contributed by atoms with van der Waals surface area (Å²) in [5.41, 5.74) is 3.93. The number of nitrogens with zero attached hydrogens (tertiary/aromatic N) is 4. The molecule has 0 unspecified atom stereocenters. The average molecular weight is 388 g/mol. The lowest BCUT2D eigenvalue weighted by Gasteiger charge is -2.04. The zero-order valence-corrected chi connectivity index (χ0v) is 16.8. The van der Waals surface area contributed by atoms with E-state index in [9.17, 15) is 4.79 Å². The van der Waals surface area contributed by atoms with Crippen molar-refractivity contribution in [3.05, 3.63) is 23.8 Å². The Balaban J connectivity index is 1.67. The molecule has 0 atom stereocenters. The Hall–Kier alpha value is -2.19. The lowest BCUT2D eigenvalue weighted by Crippen LogP contribution is -2.27. The maximum atomic E-state index is 11.9. The molecule has 2 aromatic heterocycles. The predicted molar refractivity (Wildman–Crippen MR) is 108 cm³/mol. The molecule has 0 fully saturated rings. The molecule has 0 aliphatic rings. The van der Waals surface area contributed by atoms with Crippen molar-refractivity contribution >= 4 is 39.7 Å². The second kappa shape index (κ2) is 9.14. The van der Waals surface area contributed by atoms with Gasteiger partial charge in [-0.3, -0.25) is 4.79 Å². The summed E-state index contributed by atoms with van der Waals surface area (Å²) in [5, 5.41) is 13.0. The Morgan fingerprint density at radius 3 is 2.93 bits per heavy atom. The van der Waals surface area contributed by atoms with Crippen molar-refractivity contribution < 1.29 is 9.53 Å². The van der Waals surface area contributed by atoms with E-state index in [1.54, 1.807) is 0 Å². The Kier molecular flexibility index (Phi) is 6.63. The molecule has 0 saturated carbocycles. The molecule has 3 rings (SSSR count). The smallest absolute Gasteiger partial charge is 0.230 e. The van der Waals surface area contributed by atoms with Crippen LogP contribution >= 0.6 is 11.8 Å². The van der Waals surface area contributed by atoms with E-state index in [-0.39, 0.29) is 11.7 Å². The summed E-state index contributed by atoms with van der Waals surface area (Å²) in [6.07, 6.45) is 1.78. The van der Waals surface area contributed by atoms with Crippen LogP contribution in [-0.4, -0.2) is 51.2 Å². The highest BCUT2D eigenvalue weighted by atomic mass is 32.2. The third-order valence-electron chi connectivity index (χ3n) is 4.38. The lowest BCUT2D eigenvalue weighted by atomic mass is 10.1. The topological polar surface area (TPSA) is 81.9 Å². The normalized spacial score (nSPS) is 11.4. The molecular weight excluding hydrogens is 362 g/mol. The van der Waals surface area contributed by atoms with E-state index in [2.05, 4.69) is 45.6 Å². The van der Waals surface area contributed by atoms with Crippen LogP contribution in [0.15, 0.2) is 23.4 Å². The molecule has 1 aromatic carbocycles. The van der Waals surface area contributed by atoms with Crippen LogP contribution in [0.3, 0.4) is 0 Å². The van der Waals surface area contributed by atoms with Crippen LogP contribution in [0.2, 0.25) is 0 Å². The lowest BCUT2D eigenvalue weighted by molar-refractivity contribution is -0.118. The molecule has 144 valence electrons. The van der Waals surface area contributed by atoms with Crippen LogP contribution in [0.1, 0.15) is 25.8 Å². The number of fused-ring (bicyclic) bond motifs is 3. The number of hydrogen-bond acceptors (Lipinski definition) is 6. The first-order valence-corrected chi connectivity index (χ1v) is 10.2. The van der Waals surface area contributed by atoms with Crippen molar-refractivity contribution in [1.29, 1.82) is 0 Å². The number of nitrogens with one attached hydrogen (secondary N) is 1. The minimum absolute atomic E-state index is 0.0372. The number of aromatic nitrogens is 4. The molecule has 0 aliphatic heterocycles. The Bertz CT molecular complexity index is 941. The van der Waals surface area contributed by atoms with Crippen LogP contribution in [0.25, 0.3) is 22.1 Å². The standard InChI is InChI=1S/C19H25N5O2S/c1-4-13-7-8-15-14(11-13)17-18(24(15)3)21-19(23-22-17)27-12-16(25)20-9-6-10-26-5-2/h7-8,11H,4-6,9-10,12H2,1-3H3,(H,20,25). The molecule has 0 radical (unpaired) electrons. The van der Waals surface area contributed by atoms with Gasteiger partial charge in [0.2, 0.25) is 11.1 Å². The first kappa shape index (κ1) is 19.6. The van der Waals surface area contributed by atoms with Crippen LogP contribution in [0.5, 0.6) is 0 Å². The van der Waals surface area contributed by atoms with Gasteiger partial charge in [0.25, 0.3) is 0 Å². The van der Waals surface area contributed by atoms with Gasteiger partial charge in [-0.2, -0.15) is 0 Å². The maximum Gasteiger partial charge on any atom is 0.230 e. The minimum atomic E-state index is -0.0372. The molecule has 27 heavy (non-hydrogen) atoms. The SMILES string of the molecule is CCOCCCNC(=O)CSc1nnc2c3cc(CC)ccc3n(C)c2n1. The van der Waals surface area contributed by atoms with Gasteiger partial charge in [-0.25, -0.2) is 4.98 Å². The van der Waals surface area contributed by atoms with Gasteiger partial charge in [0.15, 0.2) is 5.65 Å². The van der Waals surface area contributed by atoms with Crippen LogP contribution in [0.4, 0.5) is 0 Å². The number of thioether (sulfide) groups is 1. The number of benzene rings is 1. The van der Waals surface area contributed by atoms with E-state index < -0.39 is 0 Å². The first-order valence-electron chi connectivity index (χ1n) is 9.23. The molecular formula is C19H25N5O2S. The van der Waals surface area contributed by atoms with Crippen molar-refractivity contribution in [2.24, 2.45) is 7.05 Å². The molecule has 0 aliphatic carbocycles. The van der Waals surface area contributed by atoms with Crippen molar-refractivity contribution in [1.82, 2.24) is 25.1 Å². The minimum Gasteiger partial charge on any atom is -0.382 e. The van der Waals surface area contributed by atoms with Crippen molar-refractivity contribution in [3.63, 3.8) is 0 Å². The van der Waals surface area contributed by atoms with E-state index in [4.69, 9.17) is 4.74 Å². The fourth-order valence-electron chi connectivity index (χ4n) is 2.90. The molecule has 2 heterocycles. The van der Waals surface area contributed by atoms with Gasteiger partial charge < -0.3 is 14.6 Å². The summed E-state index contributed by atoms with van der Waals surface area (Å²) in [5.74, 6) is 0.232. The molecule has 0 spiro atoms. The van der Waals surface area contributed by atoms with Crippen molar-refractivity contribution in [2.45, 2.75) is 31.8 Å². The van der Waals surface area contributed by atoms with Crippen LogP contribution in [-0.2, 0) is 23.0 Å². The van der Waals surface area contributed by atoms with E-state index in [0.29, 0.717) is 24.9 Å². The van der Waals surface area contributed by atoms with E-state index in [0.717, 1.165) is 34.9 Å². The van der Waals surface area contributed by atoms with Gasteiger partial charge in [-0.05, 0) is 37.5 Å². The van der Waals surface area contributed by atoms with Gasteiger partial charge in [0.1, 0.15) is 5.52 Å². The Morgan fingerprint density at radius 1 is 1.30 bits per heavy atom. The summed E-state index contributed by atoms with van der Waals surface area (Å²) >= 11 is 1.30. The number of rotatable bonds is 9. The zero-order chi connectivity index (χ0) is 19.2. The monoisotopic (exact) mass is 387 g/mol. The summed E-state index contributed by atoms with van der Waals surface area (Å²) < 4.78 is 7.27. The number of ether oxygens (including phenoxy) is 1. The quantitative estimate of drug-likeness (QED) is 0.449. The van der Waals surface area contributed by atoms with Gasteiger partial charge >= 0.3 is 0 Å². The highest BCUT2D eigenvalue weighted by Crippen LogP contribution is 2.27. The summed E-state index contributed by atoms with van der Waals surface area (Å²) in [6.45, 7) is 6.06. The number of aryl methyl sites for hydroxylation is 2. The average Bonchev–Trinajstić information content (AvgIpc) is 2.97. The fraction of sp³-hybridized carbons (Fsp3) is 0.474. The van der Waals surface area contributed by atoms with E-state index in [1.165, 1.54) is 17.3 Å². The molecule has 8 heteroatoms. The third-order valence-corrected chi connectivity index (χ3v) is 5.21. The number of hydrogen-bond donors (Lipinski definition) is 1. The molecule has 7 nitrogen and oxygen atoms in total. The zero-order valence-electron chi connectivity index (χ0n) is 16.0. The van der Waals surface area contributed by atoms with Gasteiger partial charge in [0, 0.05) is 32.2 Å². The first-order chi connectivity index (χ1) is 13.1. The third kappa shape index (κ3) is 4.56. The van der Waals surface area contributed by atoms with E-state index in [1.807, 2.05) is 18.5 Å².